The Bertz CT molecular complexity index is 468. The number of pyridine rings is 1. The van der Waals surface area contributed by atoms with Crippen molar-refractivity contribution in [3.05, 3.63) is 28.8 Å². The molecule has 2 aliphatic heterocycles. The molecule has 1 N–H and O–H groups in total. The van der Waals surface area contributed by atoms with Gasteiger partial charge in [-0.3, -0.25) is 0 Å². The first-order valence-electron chi connectivity index (χ1n) is 6.25. The first kappa shape index (κ1) is 11.3. The van der Waals surface area contributed by atoms with E-state index in [1.54, 1.807) is 12.3 Å². The second-order valence-corrected chi connectivity index (χ2v) is 4.98. The predicted octanol–water partition coefficient (Wildman–Crippen LogP) is 2.52. The molecular formula is C12H15N5O. The highest BCUT2D eigenvalue weighted by Gasteiger charge is 2.40. The first-order valence-corrected chi connectivity index (χ1v) is 6.25. The van der Waals surface area contributed by atoms with Crippen LogP contribution in [0.4, 0.5) is 11.5 Å². The van der Waals surface area contributed by atoms with Crippen LogP contribution in [-0.2, 0) is 0 Å². The summed E-state index contributed by atoms with van der Waals surface area (Å²) in [5.41, 5.74) is 8.89. The van der Waals surface area contributed by atoms with Crippen LogP contribution in [0.5, 0.6) is 0 Å². The molecule has 0 aliphatic carbocycles. The van der Waals surface area contributed by atoms with Crippen LogP contribution < -0.4 is 4.90 Å². The lowest BCUT2D eigenvalue weighted by Crippen LogP contribution is -2.45. The maximum atomic E-state index is 9.77. The summed E-state index contributed by atoms with van der Waals surface area (Å²) in [4.78, 5) is 9.42. The first-order chi connectivity index (χ1) is 8.78. The van der Waals surface area contributed by atoms with Crippen molar-refractivity contribution in [1.29, 1.82) is 0 Å². The van der Waals surface area contributed by atoms with Gasteiger partial charge in [0.2, 0.25) is 0 Å². The Balaban J connectivity index is 1.85. The van der Waals surface area contributed by atoms with Gasteiger partial charge >= 0.3 is 0 Å². The third-order valence-corrected chi connectivity index (χ3v) is 3.87. The molecule has 2 saturated heterocycles. The van der Waals surface area contributed by atoms with E-state index in [0.29, 0.717) is 17.8 Å². The summed E-state index contributed by atoms with van der Waals surface area (Å²) in [5.74, 6) is 0.922. The van der Waals surface area contributed by atoms with Gasteiger partial charge in [-0.15, -0.1) is 0 Å². The van der Waals surface area contributed by atoms with E-state index in [1.807, 2.05) is 6.07 Å². The minimum Gasteiger partial charge on any atom is -0.393 e. The number of hydrogen-bond acceptors (Lipinski definition) is 4. The SMILES string of the molecule is [N-]=[N+]=Nc1ccc(N2[C@@H]3CC[C@H]2CC(O)C3)nc1. The number of rotatable bonds is 2. The maximum Gasteiger partial charge on any atom is 0.128 e. The standard InChI is InChI=1S/C12H15N5O/c13-16-15-8-1-4-12(14-7-8)17-9-2-3-10(17)6-11(18)5-9/h1,4,7,9-11,18H,2-3,5-6H2/t9-,10+,11?. The number of nitrogens with zero attached hydrogens (tertiary/aromatic N) is 5. The fourth-order valence-electron chi connectivity index (χ4n) is 3.16. The van der Waals surface area contributed by atoms with Crippen LogP contribution in [0, 0.1) is 0 Å². The molecule has 3 heterocycles. The van der Waals surface area contributed by atoms with E-state index in [4.69, 9.17) is 5.53 Å². The second kappa shape index (κ2) is 4.48. The quantitative estimate of drug-likeness (QED) is 0.493. The summed E-state index contributed by atoms with van der Waals surface area (Å²) in [6.45, 7) is 0. The highest BCUT2D eigenvalue weighted by Crippen LogP contribution is 2.38. The molecule has 0 aromatic carbocycles. The van der Waals surface area contributed by atoms with Gasteiger partial charge in [-0.2, -0.15) is 0 Å². The van der Waals surface area contributed by atoms with Gasteiger partial charge in [-0.25, -0.2) is 4.98 Å². The Morgan fingerprint density at radius 3 is 2.61 bits per heavy atom. The molecule has 3 rings (SSSR count). The van der Waals surface area contributed by atoms with Crippen molar-refractivity contribution in [2.75, 3.05) is 4.90 Å². The Morgan fingerprint density at radius 1 is 1.33 bits per heavy atom. The van der Waals surface area contributed by atoms with Crippen LogP contribution in [-0.4, -0.2) is 28.3 Å². The van der Waals surface area contributed by atoms with Gasteiger partial charge in [-0.1, -0.05) is 5.11 Å². The number of piperidine rings is 1. The van der Waals surface area contributed by atoms with Gasteiger partial charge in [0.05, 0.1) is 11.8 Å². The van der Waals surface area contributed by atoms with Crippen LogP contribution >= 0.6 is 0 Å². The van der Waals surface area contributed by atoms with Gasteiger partial charge in [0.1, 0.15) is 5.82 Å². The molecular weight excluding hydrogens is 230 g/mol. The number of hydrogen-bond donors (Lipinski definition) is 1. The topological polar surface area (TPSA) is 85.1 Å². The van der Waals surface area contributed by atoms with E-state index >= 15 is 0 Å². The number of anilines is 1. The van der Waals surface area contributed by atoms with Crippen molar-refractivity contribution in [2.24, 2.45) is 5.11 Å². The van der Waals surface area contributed by atoms with Gasteiger partial charge in [0.15, 0.2) is 0 Å². The molecule has 2 aliphatic rings. The zero-order valence-corrected chi connectivity index (χ0v) is 9.98. The van der Waals surface area contributed by atoms with Crippen molar-refractivity contribution < 1.29 is 5.11 Å². The van der Waals surface area contributed by atoms with Crippen LogP contribution in [0.3, 0.4) is 0 Å². The molecule has 6 nitrogen and oxygen atoms in total. The summed E-state index contributed by atoms with van der Waals surface area (Å²) in [6, 6.07) is 4.48. The fraction of sp³-hybridized carbons (Fsp3) is 0.583. The number of aliphatic hydroxyl groups excluding tert-OH is 1. The number of aromatic nitrogens is 1. The van der Waals surface area contributed by atoms with Crippen molar-refractivity contribution >= 4 is 11.5 Å². The minimum absolute atomic E-state index is 0.166. The molecule has 0 radical (unpaired) electrons. The molecule has 3 atom stereocenters. The normalized spacial score (nSPS) is 30.1. The van der Waals surface area contributed by atoms with E-state index in [0.717, 1.165) is 31.5 Å². The van der Waals surface area contributed by atoms with Crippen LogP contribution in [0.2, 0.25) is 0 Å². The molecule has 1 aromatic rings. The molecule has 0 amide bonds. The zero-order chi connectivity index (χ0) is 12.5. The minimum atomic E-state index is -0.166. The molecule has 94 valence electrons. The third-order valence-electron chi connectivity index (χ3n) is 3.87. The molecule has 1 unspecified atom stereocenters. The number of azide groups is 1. The molecule has 0 spiro atoms. The lowest BCUT2D eigenvalue weighted by Gasteiger charge is -2.38. The lowest BCUT2D eigenvalue weighted by molar-refractivity contribution is 0.126. The summed E-state index contributed by atoms with van der Waals surface area (Å²) >= 11 is 0. The van der Waals surface area contributed by atoms with Crippen LogP contribution in [0.25, 0.3) is 10.4 Å². The Hall–Kier alpha value is -1.78. The van der Waals surface area contributed by atoms with Crippen molar-refractivity contribution in [3.8, 4) is 0 Å². The third kappa shape index (κ3) is 1.89. The van der Waals surface area contributed by atoms with Crippen molar-refractivity contribution in [2.45, 2.75) is 43.9 Å². The van der Waals surface area contributed by atoms with Crippen molar-refractivity contribution in [3.63, 3.8) is 0 Å². The van der Waals surface area contributed by atoms with Crippen LogP contribution in [0.15, 0.2) is 23.4 Å². The smallest absolute Gasteiger partial charge is 0.128 e. The molecule has 2 bridgehead atoms. The summed E-state index contributed by atoms with van der Waals surface area (Å²) in [7, 11) is 0. The van der Waals surface area contributed by atoms with E-state index in [-0.39, 0.29) is 6.10 Å². The summed E-state index contributed by atoms with van der Waals surface area (Å²) in [5, 5.41) is 13.3. The highest BCUT2D eigenvalue weighted by atomic mass is 16.3. The molecule has 18 heavy (non-hydrogen) atoms. The molecule has 2 fully saturated rings. The van der Waals surface area contributed by atoms with E-state index < -0.39 is 0 Å². The Morgan fingerprint density at radius 2 is 2.06 bits per heavy atom. The molecule has 0 saturated carbocycles. The van der Waals surface area contributed by atoms with Crippen LogP contribution in [0.1, 0.15) is 25.7 Å². The Kier molecular flexibility index (Phi) is 2.81. The molecule has 1 aromatic heterocycles. The predicted molar refractivity (Wildman–Crippen MR) is 67.6 cm³/mol. The number of aliphatic hydroxyl groups is 1. The molecule has 6 heteroatoms. The highest BCUT2D eigenvalue weighted by molar-refractivity contribution is 5.48. The van der Waals surface area contributed by atoms with Gasteiger partial charge < -0.3 is 10.0 Å². The van der Waals surface area contributed by atoms with Crippen molar-refractivity contribution in [1.82, 2.24) is 4.98 Å². The van der Waals surface area contributed by atoms with Gasteiger partial charge in [0.25, 0.3) is 0 Å². The summed E-state index contributed by atoms with van der Waals surface area (Å²) in [6.07, 6.45) is 5.34. The second-order valence-electron chi connectivity index (χ2n) is 4.98. The average molecular weight is 245 g/mol. The van der Waals surface area contributed by atoms with Gasteiger partial charge in [-0.05, 0) is 43.3 Å². The summed E-state index contributed by atoms with van der Waals surface area (Å²) < 4.78 is 0. The monoisotopic (exact) mass is 245 g/mol. The van der Waals surface area contributed by atoms with E-state index in [9.17, 15) is 5.11 Å². The lowest BCUT2D eigenvalue weighted by atomic mass is 10.00. The van der Waals surface area contributed by atoms with E-state index in [1.165, 1.54) is 0 Å². The average Bonchev–Trinajstić information content (AvgIpc) is 2.64. The Labute approximate surface area is 105 Å². The van der Waals surface area contributed by atoms with E-state index in [2.05, 4.69) is 19.9 Å². The number of fused-ring (bicyclic) bond motifs is 2. The fourth-order valence-corrected chi connectivity index (χ4v) is 3.16. The zero-order valence-electron chi connectivity index (χ0n) is 9.98. The maximum absolute atomic E-state index is 9.77. The van der Waals surface area contributed by atoms with Gasteiger partial charge in [0, 0.05) is 23.2 Å². The largest absolute Gasteiger partial charge is 0.393 e.